The van der Waals surface area contributed by atoms with Crippen LogP contribution in [0.1, 0.15) is 63.5 Å². The van der Waals surface area contributed by atoms with Gasteiger partial charge in [0.2, 0.25) is 5.91 Å². The molecule has 4 heterocycles. The highest BCUT2D eigenvalue weighted by Crippen LogP contribution is 2.45. The summed E-state index contributed by atoms with van der Waals surface area (Å²) in [5.74, 6) is -5.66. The SMILES string of the molecule is Cc1cocc1C(=O)n1nc(C2CCN(C(=O)N3CCCC3)C(=O)C2C(F)(F)F)c(C)c1N(C)Cc1ccc(C(=N)N)cc1. The van der Waals surface area contributed by atoms with Crippen molar-refractivity contribution >= 4 is 29.5 Å². The van der Waals surface area contributed by atoms with Gasteiger partial charge < -0.3 is 20.0 Å². The molecule has 0 radical (unpaired) electrons. The summed E-state index contributed by atoms with van der Waals surface area (Å²) in [7, 11) is 1.68. The molecule has 11 nitrogen and oxygen atoms in total. The minimum absolute atomic E-state index is 0.0303. The second kappa shape index (κ2) is 11.8. The molecule has 3 amide bonds. The Hall–Kier alpha value is -4.62. The van der Waals surface area contributed by atoms with Crippen molar-refractivity contribution in [3.8, 4) is 0 Å². The maximum atomic E-state index is 14.6. The van der Waals surface area contributed by atoms with Crippen LogP contribution in [0.2, 0.25) is 0 Å². The van der Waals surface area contributed by atoms with Crippen LogP contribution in [0.4, 0.5) is 23.8 Å². The number of nitrogens with one attached hydrogen (secondary N) is 1. The molecule has 5 rings (SSSR count). The summed E-state index contributed by atoms with van der Waals surface area (Å²) >= 11 is 0. The van der Waals surface area contributed by atoms with Crippen molar-refractivity contribution < 1.29 is 32.0 Å². The van der Waals surface area contributed by atoms with E-state index >= 15 is 0 Å². The Labute approximate surface area is 251 Å². The molecule has 2 aliphatic heterocycles. The smallest absolute Gasteiger partial charge is 0.401 e. The maximum Gasteiger partial charge on any atom is 0.401 e. The van der Waals surface area contributed by atoms with Gasteiger partial charge in [0.15, 0.2) is 0 Å². The lowest BCUT2D eigenvalue weighted by atomic mass is 9.80. The number of halogens is 3. The van der Waals surface area contributed by atoms with E-state index < -0.39 is 35.9 Å². The van der Waals surface area contributed by atoms with E-state index in [4.69, 9.17) is 15.6 Å². The first kappa shape index (κ1) is 30.8. The zero-order valence-electron chi connectivity index (χ0n) is 24.6. The van der Waals surface area contributed by atoms with Crippen LogP contribution in [0.25, 0.3) is 0 Å². The van der Waals surface area contributed by atoms with E-state index in [-0.39, 0.29) is 42.4 Å². The number of hydrogen-bond donors (Lipinski definition) is 2. The van der Waals surface area contributed by atoms with Gasteiger partial charge in [-0.05, 0) is 38.7 Å². The molecule has 44 heavy (non-hydrogen) atoms. The molecule has 0 spiro atoms. The third-order valence-electron chi connectivity index (χ3n) is 8.36. The van der Waals surface area contributed by atoms with Gasteiger partial charge in [-0.25, -0.2) is 4.79 Å². The number of furan rings is 1. The number of nitrogen functional groups attached to an aromatic ring is 1. The van der Waals surface area contributed by atoms with Crippen LogP contribution < -0.4 is 10.6 Å². The zero-order chi connectivity index (χ0) is 31.9. The van der Waals surface area contributed by atoms with E-state index in [1.807, 2.05) is 0 Å². The highest BCUT2D eigenvalue weighted by atomic mass is 19.4. The highest BCUT2D eigenvalue weighted by Gasteiger charge is 2.56. The standard InChI is InChI=1S/C30H34F3N7O4/c1-17-15-44-16-22(17)27(41)40-26(37(3)14-19-6-8-20(9-7-19)25(34)35)18(2)24(36-40)21-10-13-39(28(42)23(21)30(31,32)33)29(43)38-11-4-5-12-38/h6-9,15-16,21,23H,4-5,10-14H2,1-3H3,(H3,34,35). The molecule has 2 fully saturated rings. The fourth-order valence-electron chi connectivity index (χ4n) is 6.09. The lowest BCUT2D eigenvalue weighted by Crippen LogP contribution is -2.55. The van der Waals surface area contributed by atoms with Gasteiger partial charge in [-0.15, -0.1) is 0 Å². The van der Waals surface area contributed by atoms with E-state index in [9.17, 15) is 27.6 Å². The Balaban J connectivity index is 1.54. The number of alkyl halides is 3. The summed E-state index contributed by atoms with van der Waals surface area (Å²) in [5.41, 5.74) is 7.87. The van der Waals surface area contributed by atoms with Crippen molar-refractivity contribution in [1.29, 1.82) is 5.41 Å². The number of nitrogens with two attached hydrogens (primary N) is 1. The van der Waals surface area contributed by atoms with E-state index in [0.29, 0.717) is 34.7 Å². The predicted octanol–water partition coefficient (Wildman–Crippen LogP) is 4.41. The van der Waals surface area contributed by atoms with Gasteiger partial charge in [-0.1, -0.05) is 24.3 Å². The largest absolute Gasteiger partial charge is 0.471 e. The maximum absolute atomic E-state index is 14.6. The number of amides is 3. The fraction of sp³-hybridized carbons (Fsp3) is 0.433. The molecule has 3 N–H and O–H groups in total. The van der Waals surface area contributed by atoms with Crippen LogP contribution in [0.3, 0.4) is 0 Å². The van der Waals surface area contributed by atoms with Crippen LogP contribution in [0.5, 0.6) is 0 Å². The second-order valence-corrected chi connectivity index (χ2v) is 11.4. The molecular formula is C30H34F3N7O4. The number of likely N-dealkylation sites (tertiary alicyclic amines) is 2. The lowest BCUT2D eigenvalue weighted by Gasteiger charge is -2.38. The number of benzene rings is 1. The number of amidine groups is 1. The van der Waals surface area contributed by atoms with E-state index in [0.717, 1.165) is 23.1 Å². The number of piperidine rings is 1. The number of rotatable bonds is 6. The van der Waals surface area contributed by atoms with Crippen molar-refractivity contribution in [2.45, 2.75) is 51.7 Å². The van der Waals surface area contributed by atoms with Crippen molar-refractivity contribution in [2.75, 3.05) is 31.6 Å². The number of carbonyl (C=O) groups excluding carboxylic acids is 3. The predicted molar refractivity (Wildman–Crippen MR) is 155 cm³/mol. The Kier molecular flexibility index (Phi) is 8.28. The number of aromatic nitrogens is 2. The summed E-state index contributed by atoms with van der Waals surface area (Å²) in [6, 6.07) is 6.18. The molecule has 234 valence electrons. The van der Waals surface area contributed by atoms with Crippen molar-refractivity contribution in [2.24, 2.45) is 11.7 Å². The monoisotopic (exact) mass is 613 g/mol. The van der Waals surface area contributed by atoms with E-state index in [2.05, 4.69) is 5.10 Å². The number of nitrogens with zero attached hydrogens (tertiary/aromatic N) is 5. The second-order valence-electron chi connectivity index (χ2n) is 11.4. The molecule has 1 aromatic carbocycles. The van der Waals surface area contributed by atoms with Crippen molar-refractivity contribution in [3.63, 3.8) is 0 Å². The molecule has 2 aliphatic rings. The molecule has 0 aliphatic carbocycles. The third-order valence-corrected chi connectivity index (χ3v) is 8.36. The van der Waals surface area contributed by atoms with Crippen LogP contribution in [0.15, 0.2) is 41.2 Å². The molecule has 2 aromatic heterocycles. The van der Waals surface area contributed by atoms with Gasteiger partial charge in [0, 0.05) is 55.8 Å². The number of imide groups is 1. The van der Waals surface area contributed by atoms with Crippen LogP contribution >= 0.6 is 0 Å². The molecule has 3 aromatic rings. The van der Waals surface area contributed by atoms with Crippen LogP contribution in [-0.4, -0.2) is 76.1 Å². The Morgan fingerprint density at radius 3 is 2.34 bits per heavy atom. The fourth-order valence-corrected chi connectivity index (χ4v) is 6.09. The normalized spacial score (nSPS) is 19.0. The first-order valence-corrected chi connectivity index (χ1v) is 14.3. The summed E-state index contributed by atoms with van der Waals surface area (Å²) in [4.78, 5) is 43.9. The van der Waals surface area contributed by atoms with Gasteiger partial charge >= 0.3 is 12.2 Å². The van der Waals surface area contributed by atoms with Crippen molar-refractivity contribution in [3.05, 3.63) is 70.3 Å². The number of hydrogen-bond acceptors (Lipinski definition) is 7. The van der Waals surface area contributed by atoms with E-state index in [1.165, 1.54) is 17.4 Å². The number of anilines is 1. The Bertz CT molecular complexity index is 1590. The van der Waals surface area contributed by atoms with Crippen LogP contribution in [-0.2, 0) is 11.3 Å². The molecular weight excluding hydrogens is 579 g/mol. The molecule has 2 atom stereocenters. The van der Waals surface area contributed by atoms with Gasteiger partial charge in [-0.2, -0.15) is 23.0 Å². The zero-order valence-corrected chi connectivity index (χ0v) is 24.6. The third kappa shape index (κ3) is 5.67. The van der Waals surface area contributed by atoms with E-state index in [1.54, 1.807) is 50.1 Å². The highest BCUT2D eigenvalue weighted by molar-refractivity contribution is 5.99. The summed E-state index contributed by atoms with van der Waals surface area (Å²) < 4.78 is 50.1. The minimum atomic E-state index is -4.96. The van der Waals surface area contributed by atoms with Gasteiger partial charge in [-0.3, -0.25) is 19.9 Å². The first-order chi connectivity index (χ1) is 20.8. The lowest BCUT2D eigenvalue weighted by molar-refractivity contribution is -0.197. The summed E-state index contributed by atoms with van der Waals surface area (Å²) in [5, 5.41) is 12.1. The molecule has 2 unspecified atom stereocenters. The van der Waals surface area contributed by atoms with Gasteiger partial charge in [0.05, 0.1) is 17.5 Å². The molecule has 2 saturated heterocycles. The molecule has 0 bridgehead atoms. The number of carbonyl (C=O) groups is 3. The number of aryl methyl sites for hydroxylation is 1. The molecule has 0 saturated carbocycles. The topological polar surface area (TPSA) is 142 Å². The Morgan fingerprint density at radius 1 is 1.11 bits per heavy atom. The molecule has 14 heteroatoms. The van der Waals surface area contributed by atoms with Gasteiger partial charge in [0.1, 0.15) is 23.8 Å². The average molecular weight is 614 g/mol. The minimum Gasteiger partial charge on any atom is -0.471 e. The van der Waals surface area contributed by atoms with Gasteiger partial charge in [0.25, 0.3) is 5.91 Å². The van der Waals surface area contributed by atoms with Crippen molar-refractivity contribution in [1.82, 2.24) is 19.6 Å². The Morgan fingerprint density at radius 2 is 1.77 bits per heavy atom. The quantitative estimate of drug-likeness (QED) is 0.310. The first-order valence-electron chi connectivity index (χ1n) is 14.3. The van der Waals surface area contributed by atoms with Crippen LogP contribution in [0, 0.1) is 25.2 Å². The summed E-state index contributed by atoms with van der Waals surface area (Å²) in [6.07, 6.45) is -1.02. The summed E-state index contributed by atoms with van der Waals surface area (Å²) in [6.45, 7) is 4.09. The number of urea groups is 1. The average Bonchev–Trinajstić information content (AvgIpc) is 3.72.